The number of rotatable bonds is 2. The number of aromatic nitrogens is 3. The fraction of sp³-hybridized carbons (Fsp3) is 0.308. The van der Waals surface area contributed by atoms with Crippen LogP contribution in [0.4, 0.5) is 5.82 Å². The third-order valence-electron chi connectivity index (χ3n) is 3.16. The maximum atomic E-state index is 9.15. The minimum atomic E-state index is 0.403. The Balaban J connectivity index is 2.10. The number of anilines is 1. The lowest BCUT2D eigenvalue weighted by Gasteiger charge is -2.18. The molecule has 0 bridgehead atoms. The molecule has 5 heteroatoms. The van der Waals surface area contributed by atoms with Crippen LogP contribution in [-0.4, -0.2) is 28.1 Å². The van der Waals surface area contributed by atoms with E-state index in [1.54, 1.807) is 4.68 Å². The molecule has 0 spiro atoms. The monoisotopic (exact) mass is 239 g/mol. The van der Waals surface area contributed by atoms with Crippen molar-refractivity contribution in [2.45, 2.75) is 12.8 Å². The largest absolute Gasteiger partial charge is 0.354 e. The molecule has 1 aromatic heterocycles. The molecule has 0 atom stereocenters. The molecule has 1 saturated heterocycles. The van der Waals surface area contributed by atoms with E-state index in [0.717, 1.165) is 37.4 Å². The number of benzene rings is 1. The molecule has 1 aliphatic rings. The molecule has 3 rings (SSSR count). The van der Waals surface area contributed by atoms with Gasteiger partial charge in [0.05, 0.1) is 5.69 Å². The molecule has 2 aromatic rings. The van der Waals surface area contributed by atoms with E-state index in [4.69, 9.17) is 5.26 Å². The molecule has 0 amide bonds. The number of nitrogens with zero attached hydrogens (tertiary/aromatic N) is 5. The van der Waals surface area contributed by atoms with Crippen molar-refractivity contribution < 1.29 is 0 Å². The number of hydrogen-bond donors (Lipinski definition) is 0. The molecular formula is C13H13N5. The van der Waals surface area contributed by atoms with Gasteiger partial charge in [0.15, 0.2) is 5.82 Å². The zero-order chi connectivity index (χ0) is 12.4. The van der Waals surface area contributed by atoms with Crippen LogP contribution >= 0.6 is 0 Å². The first-order valence-electron chi connectivity index (χ1n) is 6.06. The summed E-state index contributed by atoms with van der Waals surface area (Å²) in [5, 5.41) is 17.2. The lowest BCUT2D eigenvalue weighted by atomic mass is 10.3. The van der Waals surface area contributed by atoms with Crippen molar-refractivity contribution in [2.75, 3.05) is 18.0 Å². The van der Waals surface area contributed by atoms with Crippen LogP contribution in [0.15, 0.2) is 30.3 Å². The van der Waals surface area contributed by atoms with Gasteiger partial charge < -0.3 is 4.90 Å². The topological polar surface area (TPSA) is 57.7 Å². The SMILES string of the molecule is N#Cc1nnn(-c2ccccc2)c1N1CCCC1. The fourth-order valence-corrected chi connectivity index (χ4v) is 2.30. The molecule has 0 radical (unpaired) electrons. The maximum absolute atomic E-state index is 9.15. The van der Waals surface area contributed by atoms with Gasteiger partial charge in [0.2, 0.25) is 5.69 Å². The molecule has 0 unspecified atom stereocenters. The van der Waals surface area contributed by atoms with Crippen molar-refractivity contribution in [1.29, 1.82) is 5.26 Å². The molecule has 0 aliphatic carbocycles. The van der Waals surface area contributed by atoms with Gasteiger partial charge in [-0.3, -0.25) is 0 Å². The van der Waals surface area contributed by atoms with E-state index in [1.165, 1.54) is 0 Å². The van der Waals surface area contributed by atoms with Gasteiger partial charge in [0.25, 0.3) is 0 Å². The van der Waals surface area contributed by atoms with Gasteiger partial charge in [-0.15, -0.1) is 5.10 Å². The lowest BCUT2D eigenvalue weighted by Crippen LogP contribution is -2.22. The van der Waals surface area contributed by atoms with E-state index in [2.05, 4.69) is 21.3 Å². The highest BCUT2D eigenvalue weighted by Crippen LogP contribution is 2.25. The summed E-state index contributed by atoms with van der Waals surface area (Å²) in [7, 11) is 0. The second-order valence-corrected chi connectivity index (χ2v) is 4.31. The number of hydrogen-bond acceptors (Lipinski definition) is 4. The van der Waals surface area contributed by atoms with E-state index in [0.29, 0.717) is 5.69 Å². The Kier molecular flexibility index (Phi) is 2.69. The quantitative estimate of drug-likeness (QED) is 0.801. The summed E-state index contributed by atoms with van der Waals surface area (Å²) in [4.78, 5) is 2.19. The molecule has 0 saturated carbocycles. The normalized spacial score (nSPS) is 14.7. The predicted octanol–water partition coefficient (Wildman–Crippen LogP) is 1.74. The van der Waals surface area contributed by atoms with Crippen molar-refractivity contribution in [3.8, 4) is 11.8 Å². The lowest BCUT2D eigenvalue weighted by molar-refractivity contribution is 0.779. The Morgan fingerprint density at radius 3 is 2.50 bits per heavy atom. The van der Waals surface area contributed by atoms with Crippen molar-refractivity contribution in [3.05, 3.63) is 36.0 Å². The standard InChI is InChI=1S/C13H13N5/c14-10-12-13(17-8-4-5-9-17)18(16-15-12)11-6-2-1-3-7-11/h1-3,6-7H,4-5,8-9H2. The van der Waals surface area contributed by atoms with Crippen LogP contribution in [0.3, 0.4) is 0 Å². The van der Waals surface area contributed by atoms with Gasteiger partial charge in [-0.25, -0.2) is 0 Å². The van der Waals surface area contributed by atoms with Crippen molar-refractivity contribution in [1.82, 2.24) is 15.0 Å². The Hall–Kier alpha value is -2.35. The van der Waals surface area contributed by atoms with E-state index in [9.17, 15) is 0 Å². The zero-order valence-corrected chi connectivity index (χ0v) is 9.95. The van der Waals surface area contributed by atoms with Crippen molar-refractivity contribution in [2.24, 2.45) is 0 Å². The van der Waals surface area contributed by atoms with Gasteiger partial charge in [0.1, 0.15) is 6.07 Å². The van der Waals surface area contributed by atoms with Gasteiger partial charge in [-0.2, -0.15) is 9.94 Å². The average molecular weight is 239 g/mol. The molecule has 18 heavy (non-hydrogen) atoms. The van der Waals surface area contributed by atoms with Gasteiger partial charge in [0, 0.05) is 13.1 Å². The Labute approximate surface area is 105 Å². The van der Waals surface area contributed by atoms with Gasteiger partial charge in [-0.05, 0) is 25.0 Å². The smallest absolute Gasteiger partial charge is 0.207 e. The summed E-state index contributed by atoms with van der Waals surface area (Å²) >= 11 is 0. The van der Waals surface area contributed by atoms with Crippen LogP contribution in [0, 0.1) is 11.3 Å². The average Bonchev–Trinajstić information content (AvgIpc) is 3.08. The summed E-state index contributed by atoms with van der Waals surface area (Å²) in [5.41, 5.74) is 1.34. The van der Waals surface area contributed by atoms with Crippen LogP contribution in [0.5, 0.6) is 0 Å². The van der Waals surface area contributed by atoms with Crippen LogP contribution < -0.4 is 4.90 Å². The summed E-state index contributed by atoms with van der Waals surface area (Å²) in [6, 6.07) is 11.9. The first kappa shape index (κ1) is 10.8. The molecule has 1 aromatic carbocycles. The summed E-state index contributed by atoms with van der Waals surface area (Å²) in [6.07, 6.45) is 2.32. The fourth-order valence-electron chi connectivity index (χ4n) is 2.30. The van der Waals surface area contributed by atoms with Crippen LogP contribution in [0.25, 0.3) is 5.69 Å². The number of nitriles is 1. The Morgan fingerprint density at radius 1 is 1.11 bits per heavy atom. The third-order valence-corrected chi connectivity index (χ3v) is 3.16. The summed E-state index contributed by atoms with van der Waals surface area (Å²) < 4.78 is 1.75. The third kappa shape index (κ3) is 1.72. The second-order valence-electron chi connectivity index (χ2n) is 4.31. The second kappa shape index (κ2) is 4.49. The van der Waals surface area contributed by atoms with Crippen molar-refractivity contribution in [3.63, 3.8) is 0 Å². The van der Waals surface area contributed by atoms with Crippen molar-refractivity contribution >= 4 is 5.82 Å². The van der Waals surface area contributed by atoms with Crippen LogP contribution in [0.2, 0.25) is 0 Å². The van der Waals surface area contributed by atoms with E-state index in [1.807, 2.05) is 30.3 Å². The molecule has 0 N–H and O–H groups in total. The predicted molar refractivity (Wildman–Crippen MR) is 67.5 cm³/mol. The van der Waals surface area contributed by atoms with Crippen LogP contribution in [-0.2, 0) is 0 Å². The Morgan fingerprint density at radius 2 is 1.83 bits per heavy atom. The summed E-state index contributed by atoms with van der Waals surface area (Å²) in [6.45, 7) is 1.93. The molecule has 1 aliphatic heterocycles. The maximum Gasteiger partial charge on any atom is 0.207 e. The van der Waals surface area contributed by atoms with E-state index in [-0.39, 0.29) is 0 Å². The van der Waals surface area contributed by atoms with Gasteiger partial charge in [-0.1, -0.05) is 23.4 Å². The molecular weight excluding hydrogens is 226 g/mol. The molecule has 90 valence electrons. The minimum absolute atomic E-state index is 0.403. The zero-order valence-electron chi connectivity index (χ0n) is 9.95. The highest BCUT2D eigenvalue weighted by Gasteiger charge is 2.22. The van der Waals surface area contributed by atoms with Gasteiger partial charge >= 0.3 is 0 Å². The van der Waals surface area contributed by atoms with E-state index >= 15 is 0 Å². The molecule has 2 heterocycles. The Bertz CT molecular complexity index is 575. The van der Waals surface area contributed by atoms with E-state index < -0.39 is 0 Å². The number of para-hydroxylation sites is 1. The first-order valence-corrected chi connectivity index (χ1v) is 6.06. The summed E-state index contributed by atoms with van der Waals surface area (Å²) in [5.74, 6) is 0.821. The molecule has 1 fully saturated rings. The highest BCUT2D eigenvalue weighted by molar-refractivity contribution is 5.55. The molecule has 5 nitrogen and oxygen atoms in total. The highest BCUT2D eigenvalue weighted by atomic mass is 15.5. The first-order chi connectivity index (χ1) is 8.90. The minimum Gasteiger partial charge on any atom is -0.354 e. The van der Waals surface area contributed by atoms with Crippen LogP contribution in [0.1, 0.15) is 18.5 Å².